The Morgan fingerprint density at radius 2 is 1.94 bits per heavy atom. The van der Waals surface area contributed by atoms with Gasteiger partial charge in [-0.2, -0.15) is 18.3 Å². The molecule has 4 aromatic rings. The molecule has 5 rings (SSSR count). The molecule has 0 spiro atoms. The number of aromatic amines is 1. The van der Waals surface area contributed by atoms with Gasteiger partial charge < -0.3 is 5.11 Å². The Kier molecular flexibility index (Phi) is 4.64. The standard InChI is InChI=1S/C22H17F3N4O3/c23-22(24,25)16-8-17-15(9-26-28-17)18-13-6-5-12(30)7-14(13)19(27-20(16)18)10-1-3-11(4-2-10)21(31)29-32/h1-4,8-9,12,30,32H,5-7H2,(H,26,28)(H,29,31). The highest BCUT2D eigenvalue weighted by atomic mass is 19.4. The molecular weight excluding hydrogens is 425 g/mol. The molecule has 0 fully saturated rings. The van der Waals surface area contributed by atoms with Crippen molar-refractivity contribution in [1.82, 2.24) is 20.7 Å². The van der Waals surface area contributed by atoms with Gasteiger partial charge in [0.2, 0.25) is 0 Å². The number of rotatable bonds is 2. The minimum Gasteiger partial charge on any atom is -0.393 e. The van der Waals surface area contributed by atoms with Crippen LogP contribution in [0.3, 0.4) is 0 Å². The summed E-state index contributed by atoms with van der Waals surface area (Å²) in [5.41, 5.74) is 3.18. The minimum absolute atomic E-state index is 0.172. The van der Waals surface area contributed by atoms with Crippen LogP contribution in [0.2, 0.25) is 0 Å². The van der Waals surface area contributed by atoms with E-state index in [0.29, 0.717) is 46.0 Å². The van der Waals surface area contributed by atoms with Crippen LogP contribution in [0.4, 0.5) is 13.2 Å². The number of amides is 1. The minimum atomic E-state index is -4.63. The lowest BCUT2D eigenvalue weighted by molar-refractivity contribution is -0.136. The first kappa shape index (κ1) is 20.4. The molecule has 1 aliphatic carbocycles. The number of H-pyrrole nitrogens is 1. The summed E-state index contributed by atoms with van der Waals surface area (Å²) in [5, 5.41) is 26.6. The molecule has 0 saturated carbocycles. The second-order valence-electron chi connectivity index (χ2n) is 7.81. The monoisotopic (exact) mass is 442 g/mol. The van der Waals surface area contributed by atoms with E-state index in [0.717, 1.165) is 6.07 Å². The van der Waals surface area contributed by atoms with E-state index in [2.05, 4.69) is 15.2 Å². The number of benzene rings is 2. The molecule has 0 radical (unpaired) electrons. The van der Waals surface area contributed by atoms with Gasteiger partial charge in [0.1, 0.15) is 0 Å². The molecule has 164 valence electrons. The second-order valence-corrected chi connectivity index (χ2v) is 7.81. The first-order valence-corrected chi connectivity index (χ1v) is 9.89. The largest absolute Gasteiger partial charge is 0.418 e. The molecule has 1 atom stereocenters. The number of carbonyl (C=O) groups is 1. The summed E-state index contributed by atoms with van der Waals surface area (Å²) in [6.07, 6.45) is -2.70. The molecule has 1 amide bonds. The predicted octanol–water partition coefficient (Wildman–Crippen LogP) is 3.77. The maximum absolute atomic E-state index is 14.0. The number of aliphatic hydroxyl groups is 1. The Labute approximate surface area is 178 Å². The summed E-state index contributed by atoms with van der Waals surface area (Å²) in [6.45, 7) is 0. The van der Waals surface area contributed by atoms with Crippen molar-refractivity contribution in [2.24, 2.45) is 0 Å². The van der Waals surface area contributed by atoms with Crippen molar-refractivity contribution >= 4 is 27.7 Å². The number of aliphatic hydroxyl groups excluding tert-OH is 1. The Bertz CT molecular complexity index is 1360. The lowest BCUT2D eigenvalue weighted by Crippen LogP contribution is -2.21. The van der Waals surface area contributed by atoms with Gasteiger partial charge in [0.15, 0.2) is 0 Å². The number of hydrogen-bond acceptors (Lipinski definition) is 5. The smallest absolute Gasteiger partial charge is 0.393 e. The SMILES string of the molecule is O=C(NO)c1ccc(-c2nc3c(C(F)(F)F)cc4[nH]ncc4c3c3c2CC(O)CC3)cc1. The molecule has 10 heteroatoms. The molecule has 32 heavy (non-hydrogen) atoms. The number of fused-ring (bicyclic) bond motifs is 5. The van der Waals surface area contributed by atoms with Crippen molar-refractivity contribution in [2.45, 2.75) is 31.5 Å². The van der Waals surface area contributed by atoms with Crippen molar-refractivity contribution in [2.75, 3.05) is 0 Å². The molecule has 1 aliphatic rings. The lowest BCUT2D eigenvalue weighted by atomic mass is 9.83. The van der Waals surface area contributed by atoms with Gasteiger partial charge in [0.25, 0.3) is 5.91 Å². The molecule has 2 aromatic carbocycles. The first-order chi connectivity index (χ1) is 15.3. The first-order valence-electron chi connectivity index (χ1n) is 9.89. The fraction of sp³-hybridized carbons (Fsp3) is 0.227. The summed E-state index contributed by atoms with van der Waals surface area (Å²) < 4.78 is 41.9. The van der Waals surface area contributed by atoms with E-state index in [1.165, 1.54) is 23.8 Å². The van der Waals surface area contributed by atoms with Gasteiger partial charge in [0, 0.05) is 28.3 Å². The van der Waals surface area contributed by atoms with Crippen molar-refractivity contribution < 1.29 is 28.3 Å². The average Bonchev–Trinajstić information content (AvgIpc) is 3.25. The van der Waals surface area contributed by atoms with Crippen molar-refractivity contribution in [1.29, 1.82) is 0 Å². The van der Waals surface area contributed by atoms with Crippen LogP contribution in [0.5, 0.6) is 0 Å². The van der Waals surface area contributed by atoms with Crippen LogP contribution < -0.4 is 5.48 Å². The highest BCUT2D eigenvalue weighted by Gasteiger charge is 2.36. The van der Waals surface area contributed by atoms with Crippen LogP contribution in [0, 0.1) is 0 Å². The highest BCUT2D eigenvalue weighted by Crippen LogP contribution is 2.43. The van der Waals surface area contributed by atoms with Crippen molar-refractivity contribution in [3.8, 4) is 11.3 Å². The van der Waals surface area contributed by atoms with Crippen molar-refractivity contribution in [3.05, 3.63) is 58.8 Å². The second kappa shape index (κ2) is 7.28. The molecule has 2 aromatic heterocycles. The normalized spacial score (nSPS) is 16.3. The molecule has 7 nitrogen and oxygen atoms in total. The van der Waals surface area contributed by atoms with Crippen LogP contribution in [0.15, 0.2) is 36.5 Å². The lowest BCUT2D eigenvalue weighted by Gasteiger charge is -2.26. The number of hydroxylamine groups is 1. The highest BCUT2D eigenvalue weighted by molar-refractivity contribution is 6.09. The van der Waals surface area contributed by atoms with E-state index in [-0.39, 0.29) is 23.0 Å². The van der Waals surface area contributed by atoms with Gasteiger partial charge >= 0.3 is 6.18 Å². The number of carbonyl (C=O) groups excluding carboxylic acids is 1. The number of nitrogens with zero attached hydrogens (tertiary/aromatic N) is 2. The van der Waals surface area contributed by atoms with Crippen molar-refractivity contribution in [3.63, 3.8) is 0 Å². The van der Waals surface area contributed by atoms with E-state index in [9.17, 15) is 23.1 Å². The molecule has 4 N–H and O–H groups in total. The zero-order valence-electron chi connectivity index (χ0n) is 16.5. The zero-order valence-corrected chi connectivity index (χ0v) is 16.5. The maximum atomic E-state index is 14.0. The number of aromatic nitrogens is 3. The third-order valence-electron chi connectivity index (χ3n) is 5.89. The predicted molar refractivity (Wildman–Crippen MR) is 109 cm³/mol. The molecule has 2 heterocycles. The average molecular weight is 442 g/mol. The van der Waals surface area contributed by atoms with Crippen LogP contribution in [0.1, 0.15) is 33.5 Å². The Balaban J connectivity index is 1.85. The Morgan fingerprint density at radius 3 is 2.62 bits per heavy atom. The summed E-state index contributed by atoms with van der Waals surface area (Å²) in [4.78, 5) is 16.1. The van der Waals surface area contributed by atoms with E-state index < -0.39 is 23.8 Å². The zero-order chi connectivity index (χ0) is 22.6. The van der Waals surface area contributed by atoms with Gasteiger partial charge in [-0.25, -0.2) is 10.5 Å². The third kappa shape index (κ3) is 3.19. The summed E-state index contributed by atoms with van der Waals surface area (Å²) in [7, 11) is 0. The number of alkyl halides is 3. The third-order valence-corrected chi connectivity index (χ3v) is 5.89. The van der Waals surface area contributed by atoms with Gasteiger partial charge in [-0.3, -0.25) is 15.1 Å². The van der Waals surface area contributed by atoms with E-state index in [1.54, 1.807) is 12.1 Å². The summed E-state index contributed by atoms with van der Waals surface area (Å²) >= 11 is 0. The number of hydrogen-bond donors (Lipinski definition) is 4. The molecule has 0 saturated heterocycles. The molecular formula is C22H17F3N4O3. The molecule has 1 unspecified atom stereocenters. The van der Waals surface area contributed by atoms with Crippen LogP contribution in [0.25, 0.3) is 33.1 Å². The Morgan fingerprint density at radius 1 is 1.19 bits per heavy atom. The summed E-state index contributed by atoms with van der Waals surface area (Å²) in [5.74, 6) is -0.706. The molecule has 0 bridgehead atoms. The van der Waals surface area contributed by atoms with Crippen LogP contribution >= 0.6 is 0 Å². The fourth-order valence-corrected chi connectivity index (χ4v) is 4.42. The van der Waals surface area contributed by atoms with Gasteiger partial charge in [-0.15, -0.1) is 0 Å². The van der Waals surface area contributed by atoms with E-state index in [4.69, 9.17) is 5.21 Å². The Hall–Kier alpha value is -3.50. The van der Waals surface area contributed by atoms with Crippen LogP contribution in [-0.2, 0) is 19.0 Å². The number of halogens is 3. The fourth-order valence-electron chi connectivity index (χ4n) is 4.42. The van der Waals surface area contributed by atoms with E-state index in [1.807, 2.05) is 0 Å². The quantitative estimate of drug-likeness (QED) is 0.279. The molecule has 0 aliphatic heterocycles. The number of aryl methyl sites for hydroxylation is 1. The van der Waals surface area contributed by atoms with Gasteiger partial charge in [-0.1, -0.05) is 12.1 Å². The summed E-state index contributed by atoms with van der Waals surface area (Å²) in [6, 6.07) is 7.03. The van der Waals surface area contributed by atoms with Gasteiger partial charge in [0.05, 0.1) is 34.6 Å². The van der Waals surface area contributed by atoms with Crippen LogP contribution in [-0.4, -0.2) is 37.5 Å². The van der Waals surface area contributed by atoms with Gasteiger partial charge in [-0.05, 0) is 42.2 Å². The van der Waals surface area contributed by atoms with E-state index >= 15 is 0 Å². The topological polar surface area (TPSA) is 111 Å². The number of pyridine rings is 1. The maximum Gasteiger partial charge on any atom is 0.418 e. The number of nitrogens with one attached hydrogen (secondary N) is 2.